The highest BCUT2D eigenvalue weighted by Crippen LogP contribution is 2.14. The average Bonchev–Trinajstić information content (AvgIpc) is 2.27. The first kappa shape index (κ1) is 11.3. The molecule has 0 heterocycles. The van der Waals surface area contributed by atoms with Crippen molar-refractivity contribution >= 4 is 6.08 Å². The lowest BCUT2D eigenvalue weighted by Gasteiger charge is -2.05. The second-order valence-electron chi connectivity index (χ2n) is 3.24. The number of unbranched alkanes of at least 4 members (excludes halogenated alkanes) is 1. The summed E-state index contributed by atoms with van der Waals surface area (Å²) in [5.41, 5.74) is 0.991. The summed E-state index contributed by atoms with van der Waals surface area (Å²) in [5.74, 6) is 0.864. The molecule has 0 saturated carbocycles. The van der Waals surface area contributed by atoms with Crippen molar-refractivity contribution in [1.29, 1.82) is 5.26 Å². The van der Waals surface area contributed by atoms with E-state index >= 15 is 0 Å². The van der Waals surface area contributed by atoms with Crippen LogP contribution in [0.2, 0.25) is 0 Å². The molecule has 0 atom stereocenters. The van der Waals surface area contributed by atoms with Crippen LogP contribution in [0.3, 0.4) is 0 Å². The van der Waals surface area contributed by atoms with Crippen molar-refractivity contribution < 1.29 is 4.74 Å². The standard InChI is InChI=1S/C13H15NO/c1-2-3-10-15-13-8-4-6-12(11-13)7-5-9-14/h4-8,11H,2-3,10H2,1H3/b7-5+. The Labute approximate surface area is 90.8 Å². The highest BCUT2D eigenvalue weighted by molar-refractivity contribution is 5.53. The molecule has 1 rings (SSSR count). The topological polar surface area (TPSA) is 33.0 Å². The van der Waals surface area contributed by atoms with E-state index in [2.05, 4.69) is 6.92 Å². The summed E-state index contributed by atoms with van der Waals surface area (Å²) in [6.45, 7) is 2.89. The van der Waals surface area contributed by atoms with Crippen molar-refractivity contribution in [3.05, 3.63) is 35.9 Å². The zero-order valence-electron chi connectivity index (χ0n) is 8.94. The molecule has 0 aliphatic rings. The fourth-order valence-electron chi connectivity index (χ4n) is 1.18. The van der Waals surface area contributed by atoms with Gasteiger partial charge in [0.1, 0.15) is 5.75 Å². The summed E-state index contributed by atoms with van der Waals surface area (Å²) in [6, 6.07) is 9.70. The van der Waals surface area contributed by atoms with Gasteiger partial charge in [-0.3, -0.25) is 0 Å². The van der Waals surface area contributed by atoms with E-state index in [0.29, 0.717) is 0 Å². The van der Waals surface area contributed by atoms with Gasteiger partial charge in [-0.2, -0.15) is 5.26 Å². The Hall–Kier alpha value is -1.75. The fourth-order valence-corrected chi connectivity index (χ4v) is 1.18. The van der Waals surface area contributed by atoms with Crippen LogP contribution in [0.15, 0.2) is 30.3 Å². The molecule has 0 fully saturated rings. The number of rotatable bonds is 5. The molecule has 0 aliphatic carbocycles. The Morgan fingerprint density at radius 2 is 2.33 bits per heavy atom. The highest BCUT2D eigenvalue weighted by Gasteiger charge is 1.93. The molecule has 78 valence electrons. The molecule has 0 saturated heterocycles. The van der Waals surface area contributed by atoms with Crippen LogP contribution in [-0.2, 0) is 0 Å². The molecule has 0 spiro atoms. The van der Waals surface area contributed by atoms with Gasteiger partial charge in [0.25, 0.3) is 0 Å². The van der Waals surface area contributed by atoms with Gasteiger partial charge in [0.15, 0.2) is 0 Å². The summed E-state index contributed by atoms with van der Waals surface area (Å²) < 4.78 is 5.55. The molecule has 15 heavy (non-hydrogen) atoms. The number of allylic oxidation sites excluding steroid dienone is 1. The van der Waals surface area contributed by atoms with Crippen molar-refractivity contribution in [1.82, 2.24) is 0 Å². The number of hydrogen-bond acceptors (Lipinski definition) is 2. The summed E-state index contributed by atoms with van der Waals surface area (Å²) >= 11 is 0. The predicted octanol–water partition coefficient (Wildman–Crippen LogP) is 3.40. The third-order valence-electron chi connectivity index (χ3n) is 1.98. The molecule has 0 amide bonds. The van der Waals surface area contributed by atoms with Crippen LogP contribution >= 0.6 is 0 Å². The van der Waals surface area contributed by atoms with E-state index in [0.717, 1.165) is 30.8 Å². The molecular formula is C13H15NO. The Morgan fingerprint density at radius 1 is 1.47 bits per heavy atom. The van der Waals surface area contributed by atoms with Gasteiger partial charge in [-0.05, 0) is 30.2 Å². The zero-order chi connectivity index (χ0) is 10.9. The van der Waals surface area contributed by atoms with E-state index in [9.17, 15) is 0 Å². The molecule has 0 aliphatic heterocycles. The van der Waals surface area contributed by atoms with Gasteiger partial charge >= 0.3 is 0 Å². The first-order valence-corrected chi connectivity index (χ1v) is 5.16. The average molecular weight is 201 g/mol. The smallest absolute Gasteiger partial charge is 0.119 e. The van der Waals surface area contributed by atoms with Gasteiger partial charge in [0.05, 0.1) is 12.7 Å². The van der Waals surface area contributed by atoms with Crippen LogP contribution in [0, 0.1) is 11.3 Å². The normalized spacial score (nSPS) is 10.1. The number of ether oxygens (including phenoxy) is 1. The quantitative estimate of drug-likeness (QED) is 0.540. The monoisotopic (exact) mass is 201 g/mol. The maximum Gasteiger partial charge on any atom is 0.119 e. The summed E-state index contributed by atoms with van der Waals surface area (Å²) in [4.78, 5) is 0. The van der Waals surface area contributed by atoms with E-state index in [-0.39, 0.29) is 0 Å². The highest BCUT2D eigenvalue weighted by atomic mass is 16.5. The van der Waals surface area contributed by atoms with E-state index in [1.165, 1.54) is 6.08 Å². The Bertz CT molecular complexity index is 363. The molecule has 2 heteroatoms. The first-order chi connectivity index (χ1) is 7.36. The molecule has 0 bridgehead atoms. The van der Waals surface area contributed by atoms with Crippen molar-refractivity contribution in [2.24, 2.45) is 0 Å². The van der Waals surface area contributed by atoms with E-state index in [1.807, 2.05) is 30.3 Å². The van der Waals surface area contributed by atoms with Crippen molar-refractivity contribution in [2.75, 3.05) is 6.61 Å². The van der Waals surface area contributed by atoms with Gasteiger partial charge in [0.2, 0.25) is 0 Å². The molecule has 0 N–H and O–H groups in total. The molecule has 0 radical (unpaired) electrons. The van der Waals surface area contributed by atoms with E-state index < -0.39 is 0 Å². The Morgan fingerprint density at radius 3 is 3.07 bits per heavy atom. The van der Waals surface area contributed by atoms with Gasteiger partial charge in [0, 0.05) is 6.08 Å². The number of nitriles is 1. The van der Waals surface area contributed by atoms with E-state index in [1.54, 1.807) is 6.08 Å². The summed E-state index contributed by atoms with van der Waals surface area (Å²) in [6.07, 6.45) is 5.43. The minimum absolute atomic E-state index is 0.752. The maximum atomic E-state index is 8.40. The molecular weight excluding hydrogens is 186 g/mol. The van der Waals surface area contributed by atoms with Crippen LogP contribution in [0.5, 0.6) is 5.75 Å². The molecule has 2 nitrogen and oxygen atoms in total. The SMILES string of the molecule is CCCCOc1cccc(/C=C/C#N)c1. The third kappa shape index (κ3) is 4.33. The summed E-state index contributed by atoms with van der Waals surface area (Å²) in [5, 5.41) is 8.40. The first-order valence-electron chi connectivity index (χ1n) is 5.16. The van der Waals surface area contributed by atoms with E-state index in [4.69, 9.17) is 10.00 Å². The Balaban J connectivity index is 2.58. The van der Waals surface area contributed by atoms with Crippen LogP contribution in [-0.4, -0.2) is 6.61 Å². The van der Waals surface area contributed by atoms with Gasteiger partial charge in [-0.1, -0.05) is 25.5 Å². The number of nitrogens with zero attached hydrogens (tertiary/aromatic N) is 1. The second-order valence-corrected chi connectivity index (χ2v) is 3.24. The fraction of sp³-hybridized carbons (Fsp3) is 0.308. The predicted molar refractivity (Wildman–Crippen MR) is 61.5 cm³/mol. The second kappa shape index (κ2) is 6.67. The molecule has 1 aromatic carbocycles. The van der Waals surface area contributed by atoms with Crippen molar-refractivity contribution in [2.45, 2.75) is 19.8 Å². The zero-order valence-corrected chi connectivity index (χ0v) is 8.94. The number of hydrogen-bond donors (Lipinski definition) is 0. The van der Waals surface area contributed by atoms with Crippen LogP contribution < -0.4 is 4.74 Å². The summed E-state index contributed by atoms with van der Waals surface area (Å²) in [7, 11) is 0. The lowest BCUT2D eigenvalue weighted by Crippen LogP contribution is -1.96. The molecule has 1 aromatic rings. The van der Waals surface area contributed by atoms with Gasteiger partial charge < -0.3 is 4.74 Å². The Kier molecular flexibility index (Phi) is 5.03. The molecule has 0 unspecified atom stereocenters. The lowest BCUT2D eigenvalue weighted by atomic mass is 10.2. The van der Waals surface area contributed by atoms with Crippen LogP contribution in [0.1, 0.15) is 25.3 Å². The lowest BCUT2D eigenvalue weighted by molar-refractivity contribution is 0.309. The minimum Gasteiger partial charge on any atom is -0.494 e. The van der Waals surface area contributed by atoms with Gasteiger partial charge in [-0.25, -0.2) is 0 Å². The number of benzene rings is 1. The van der Waals surface area contributed by atoms with Crippen molar-refractivity contribution in [3.8, 4) is 11.8 Å². The van der Waals surface area contributed by atoms with Crippen LogP contribution in [0.25, 0.3) is 6.08 Å². The molecule has 0 aromatic heterocycles. The minimum atomic E-state index is 0.752. The largest absolute Gasteiger partial charge is 0.494 e. The maximum absolute atomic E-state index is 8.40. The third-order valence-corrected chi connectivity index (χ3v) is 1.98. The van der Waals surface area contributed by atoms with Crippen LogP contribution in [0.4, 0.5) is 0 Å². The van der Waals surface area contributed by atoms with Gasteiger partial charge in [-0.15, -0.1) is 0 Å². The van der Waals surface area contributed by atoms with Crippen molar-refractivity contribution in [3.63, 3.8) is 0 Å².